The summed E-state index contributed by atoms with van der Waals surface area (Å²) in [4.78, 5) is 15.0. The van der Waals surface area contributed by atoms with Crippen LogP contribution in [0.3, 0.4) is 0 Å². The highest BCUT2D eigenvalue weighted by molar-refractivity contribution is 6.31. The van der Waals surface area contributed by atoms with E-state index in [1.165, 1.54) is 24.8 Å². The summed E-state index contributed by atoms with van der Waals surface area (Å²) >= 11 is 6.33. The van der Waals surface area contributed by atoms with Crippen LogP contribution in [-0.4, -0.2) is 54.6 Å². The smallest absolute Gasteiger partial charge is 0.368 e. The average molecular weight is 391 g/mol. The summed E-state index contributed by atoms with van der Waals surface area (Å²) in [5.41, 5.74) is 3.66. The van der Waals surface area contributed by atoms with Gasteiger partial charge in [0.1, 0.15) is 0 Å². The number of aromatic nitrogens is 1. The van der Waals surface area contributed by atoms with Crippen molar-refractivity contribution in [3.05, 3.63) is 34.5 Å². The number of fused-ring (bicyclic) bond motifs is 6. The number of benzene rings is 1. The van der Waals surface area contributed by atoms with Gasteiger partial charge in [-0.2, -0.15) is 0 Å². The van der Waals surface area contributed by atoms with Crippen LogP contribution in [0.1, 0.15) is 30.1 Å². The molecule has 5 rings (SSSR count). The highest BCUT2D eigenvalue weighted by atomic mass is 35.5. The van der Waals surface area contributed by atoms with Gasteiger partial charge in [0.25, 0.3) is 5.79 Å². The van der Waals surface area contributed by atoms with Gasteiger partial charge < -0.3 is 18.8 Å². The molecular weight excluding hydrogens is 368 g/mol. The molecule has 2 aromatic rings. The second-order valence-electron chi connectivity index (χ2n) is 7.67. The number of rotatable bonds is 3. The van der Waals surface area contributed by atoms with Gasteiger partial charge >= 0.3 is 5.97 Å². The minimum absolute atomic E-state index is 0.288. The van der Waals surface area contributed by atoms with E-state index in [2.05, 4.69) is 16.5 Å². The fourth-order valence-electron chi connectivity index (χ4n) is 5.10. The van der Waals surface area contributed by atoms with Gasteiger partial charge in [0, 0.05) is 40.1 Å². The van der Waals surface area contributed by atoms with Crippen LogP contribution in [-0.2, 0) is 32.0 Å². The van der Waals surface area contributed by atoms with Gasteiger partial charge in [0.15, 0.2) is 0 Å². The number of carbonyl (C=O) groups is 1. The Morgan fingerprint density at radius 1 is 1.33 bits per heavy atom. The predicted octanol–water partition coefficient (Wildman–Crippen LogP) is 2.90. The number of hydrogen-bond acceptors (Lipinski definition) is 5. The van der Waals surface area contributed by atoms with Gasteiger partial charge in [-0.25, -0.2) is 4.79 Å². The van der Waals surface area contributed by atoms with Crippen molar-refractivity contribution in [2.75, 3.05) is 27.4 Å². The van der Waals surface area contributed by atoms with E-state index in [1.54, 1.807) is 0 Å². The van der Waals surface area contributed by atoms with Crippen molar-refractivity contribution >= 4 is 28.5 Å². The van der Waals surface area contributed by atoms with E-state index in [0.29, 0.717) is 25.3 Å². The zero-order valence-electron chi connectivity index (χ0n) is 15.5. The number of ether oxygens (including phenoxy) is 3. The van der Waals surface area contributed by atoms with Crippen molar-refractivity contribution in [2.24, 2.45) is 0 Å². The van der Waals surface area contributed by atoms with E-state index >= 15 is 0 Å². The Kier molecular flexibility index (Phi) is 4.02. The molecule has 0 radical (unpaired) electrons. The van der Waals surface area contributed by atoms with Crippen molar-refractivity contribution < 1.29 is 19.0 Å². The van der Waals surface area contributed by atoms with Gasteiger partial charge in [0.2, 0.25) is 0 Å². The van der Waals surface area contributed by atoms with Gasteiger partial charge in [-0.05, 0) is 43.7 Å². The Morgan fingerprint density at radius 3 is 2.85 bits per heavy atom. The molecule has 7 heteroatoms. The minimum Gasteiger partial charge on any atom is -0.465 e. The van der Waals surface area contributed by atoms with Gasteiger partial charge in [0.05, 0.1) is 26.9 Å². The molecule has 1 aromatic heterocycles. The topological polar surface area (TPSA) is 52.9 Å². The summed E-state index contributed by atoms with van der Waals surface area (Å²) in [6, 6.07) is 6.89. The molecule has 0 aliphatic carbocycles. The van der Waals surface area contributed by atoms with Crippen LogP contribution in [0.2, 0.25) is 5.02 Å². The first kappa shape index (κ1) is 17.5. The molecular formula is C20H23ClN2O4. The van der Waals surface area contributed by atoms with Crippen molar-refractivity contribution in [3.8, 4) is 0 Å². The van der Waals surface area contributed by atoms with Crippen LogP contribution in [0.25, 0.3) is 10.9 Å². The third-order valence-corrected chi connectivity index (χ3v) is 6.63. The third kappa shape index (κ3) is 2.47. The SMILES string of the molecule is COC(=O)C1(Cn2c3c(c4cc(Cl)ccc42)C2CCC(C3)N2C)OCCO1. The molecule has 3 aliphatic heterocycles. The molecule has 0 saturated carbocycles. The van der Waals surface area contributed by atoms with E-state index in [0.717, 1.165) is 28.8 Å². The van der Waals surface area contributed by atoms with Gasteiger partial charge in [-0.1, -0.05) is 11.6 Å². The molecule has 1 aromatic carbocycles. The Hall–Kier alpha value is -1.60. The van der Waals surface area contributed by atoms with Crippen LogP contribution in [0.4, 0.5) is 0 Å². The molecule has 2 saturated heterocycles. The van der Waals surface area contributed by atoms with E-state index in [-0.39, 0.29) is 6.54 Å². The van der Waals surface area contributed by atoms with Crippen LogP contribution in [0.15, 0.2) is 18.2 Å². The van der Waals surface area contributed by atoms with Crippen LogP contribution in [0.5, 0.6) is 0 Å². The van der Waals surface area contributed by atoms with E-state index in [4.69, 9.17) is 25.8 Å². The number of halogens is 1. The summed E-state index contributed by atoms with van der Waals surface area (Å²) < 4.78 is 18.7. The van der Waals surface area contributed by atoms with Crippen molar-refractivity contribution in [1.29, 1.82) is 0 Å². The monoisotopic (exact) mass is 390 g/mol. The highest BCUT2D eigenvalue weighted by Crippen LogP contribution is 2.47. The molecule has 0 amide bonds. The fraction of sp³-hybridized carbons (Fsp3) is 0.550. The maximum atomic E-state index is 12.5. The lowest BCUT2D eigenvalue weighted by atomic mass is 9.97. The minimum atomic E-state index is -1.38. The molecule has 144 valence electrons. The summed E-state index contributed by atoms with van der Waals surface area (Å²) in [5.74, 6) is -1.86. The summed E-state index contributed by atoms with van der Waals surface area (Å²) in [6.45, 7) is 1.06. The molecule has 0 spiro atoms. The molecule has 2 fully saturated rings. The lowest BCUT2D eigenvalue weighted by Crippen LogP contribution is -2.45. The van der Waals surface area contributed by atoms with Crippen molar-refractivity contribution in [2.45, 2.75) is 43.7 Å². The maximum Gasteiger partial charge on any atom is 0.368 e. The van der Waals surface area contributed by atoms with Gasteiger partial charge in [-0.3, -0.25) is 4.90 Å². The quantitative estimate of drug-likeness (QED) is 0.754. The first-order valence-electron chi connectivity index (χ1n) is 9.43. The van der Waals surface area contributed by atoms with Crippen molar-refractivity contribution in [3.63, 3.8) is 0 Å². The lowest BCUT2D eigenvalue weighted by molar-refractivity contribution is -0.208. The summed E-state index contributed by atoms with van der Waals surface area (Å²) in [5, 5.41) is 1.88. The molecule has 27 heavy (non-hydrogen) atoms. The predicted molar refractivity (Wildman–Crippen MR) is 101 cm³/mol. The number of esters is 1. The number of methoxy groups -OCH3 is 1. The molecule has 4 heterocycles. The Labute approximate surface area is 162 Å². The molecule has 6 nitrogen and oxygen atoms in total. The summed E-state index contributed by atoms with van der Waals surface area (Å²) in [6.07, 6.45) is 3.29. The van der Waals surface area contributed by atoms with Crippen LogP contribution >= 0.6 is 11.6 Å². The zero-order chi connectivity index (χ0) is 18.8. The van der Waals surface area contributed by atoms with Crippen LogP contribution in [0, 0.1) is 0 Å². The highest BCUT2D eigenvalue weighted by Gasteiger charge is 2.48. The van der Waals surface area contributed by atoms with E-state index in [1.807, 2.05) is 18.2 Å². The third-order valence-electron chi connectivity index (χ3n) is 6.40. The lowest BCUT2D eigenvalue weighted by Gasteiger charge is -2.33. The second kappa shape index (κ2) is 6.21. The molecule has 3 aliphatic rings. The fourth-order valence-corrected chi connectivity index (χ4v) is 5.27. The Balaban J connectivity index is 1.69. The van der Waals surface area contributed by atoms with E-state index in [9.17, 15) is 4.79 Å². The average Bonchev–Trinajstić information content (AvgIpc) is 3.31. The molecule has 2 unspecified atom stereocenters. The standard InChI is InChI=1S/C20H23ClN2O4/c1-22-13-4-6-16(22)18-14-9-12(21)3-5-15(14)23(17(18)10-13)11-20(19(24)25-2)26-7-8-27-20/h3,5,9,13,16H,4,6-8,10-11H2,1-2H3. The largest absolute Gasteiger partial charge is 0.465 e. The normalized spacial score (nSPS) is 26.5. The van der Waals surface area contributed by atoms with E-state index < -0.39 is 11.8 Å². The molecule has 0 N–H and O–H groups in total. The zero-order valence-corrected chi connectivity index (χ0v) is 16.3. The Morgan fingerprint density at radius 2 is 2.11 bits per heavy atom. The Bertz CT molecular complexity index is 918. The molecule has 2 bridgehead atoms. The number of carbonyl (C=O) groups excluding carboxylic acids is 1. The maximum absolute atomic E-state index is 12.5. The molecule has 2 atom stereocenters. The first-order valence-corrected chi connectivity index (χ1v) is 9.80. The number of nitrogens with zero attached hydrogens (tertiary/aromatic N) is 2. The second-order valence-corrected chi connectivity index (χ2v) is 8.10. The van der Waals surface area contributed by atoms with Gasteiger partial charge in [-0.15, -0.1) is 0 Å². The van der Waals surface area contributed by atoms with Crippen molar-refractivity contribution in [1.82, 2.24) is 9.47 Å². The summed E-state index contributed by atoms with van der Waals surface area (Å²) in [7, 11) is 3.57. The first-order chi connectivity index (χ1) is 13.0. The number of hydrogen-bond donors (Lipinski definition) is 0. The number of likely N-dealkylation sites (N-methyl/N-ethyl adjacent to an activating group) is 1. The van der Waals surface area contributed by atoms with Crippen LogP contribution < -0.4 is 0 Å².